The third-order valence-corrected chi connectivity index (χ3v) is 2.08. The van der Waals surface area contributed by atoms with Crippen LogP contribution in [0.4, 0.5) is 13.2 Å². The SMILES string of the molecule is CCOC(=O)Cc1ccc(C=O)c(OC(F)(F)F)c1. The molecular formula is C12H11F3O4. The Bertz CT molecular complexity index is 469. The Hall–Kier alpha value is -2.05. The molecule has 1 aromatic carbocycles. The van der Waals surface area contributed by atoms with Gasteiger partial charge in [0.25, 0.3) is 0 Å². The van der Waals surface area contributed by atoms with Gasteiger partial charge in [-0.15, -0.1) is 13.2 Å². The standard InChI is InChI=1S/C12H11F3O4/c1-2-18-11(17)6-8-3-4-9(7-16)10(5-8)19-12(13,14)15/h3-5,7H,2,6H2,1H3. The topological polar surface area (TPSA) is 52.6 Å². The molecule has 1 rings (SSSR count). The van der Waals surface area contributed by atoms with E-state index < -0.39 is 18.1 Å². The summed E-state index contributed by atoms with van der Waals surface area (Å²) in [5.74, 6) is -1.20. The number of esters is 1. The van der Waals surface area contributed by atoms with Crippen LogP contribution in [0.1, 0.15) is 22.8 Å². The number of hydrogen-bond acceptors (Lipinski definition) is 4. The Kier molecular flexibility index (Phi) is 4.91. The molecule has 0 spiro atoms. The molecule has 19 heavy (non-hydrogen) atoms. The van der Waals surface area contributed by atoms with Crippen LogP contribution in [-0.2, 0) is 16.0 Å². The van der Waals surface area contributed by atoms with Crippen LogP contribution in [-0.4, -0.2) is 25.2 Å². The van der Waals surface area contributed by atoms with Crippen LogP contribution < -0.4 is 4.74 Å². The van der Waals surface area contributed by atoms with Gasteiger partial charge in [-0.2, -0.15) is 0 Å². The highest BCUT2D eigenvalue weighted by molar-refractivity contribution is 5.80. The summed E-state index contributed by atoms with van der Waals surface area (Å²) in [6, 6.07) is 3.51. The predicted molar refractivity (Wildman–Crippen MR) is 58.8 cm³/mol. The van der Waals surface area contributed by atoms with Gasteiger partial charge in [0.2, 0.25) is 0 Å². The van der Waals surface area contributed by atoms with E-state index in [2.05, 4.69) is 9.47 Å². The van der Waals surface area contributed by atoms with Crippen LogP contribution in [0.3, 0.4) is 0 Å². The van der Waals surface area contributed by atoms with E-state index in [9.17, 15) is 22.8 Å². The van der Waals surface area contributed by atoms with Crippen LogP contribution in [0.5, 0.6) is 5.75 Å². The fourth-order valence-corrected chi connectivity index (χ4v) is 1.38. The zero-order valence-corrected chi connectivity index (χ0v) is 9.99. The second-order valence-corrected chi connectivity index (χ2v) is 3.52. The van der Waals surface area contributed by atoms with E-state index in [1.807, 2.05) is 0 Å². The third-order valence-electron chi connectivity index (χ3n) is 2.08. The van der Waals surface area contributed by atoms with Crippen molar-refractivity contribution in [2.45, 2.75) is 19.7 Å². The Morgan fingerprint density at radius 1 is 1.37 bits per heavy atom. The van der Waals surface area contributed by atoms with E-state index in [-0.39, 0.29) is 30.4 Å². The third kappa shape index (κ3) is 4.99. The van der Waals surface area contributed by atoms with Gasteiger partial charge in [0.05, 0.1) is 18.6 Å². The quantitative estimate of drug-likeness (QED) is 0.612. The monoisotopic (exact) mass is 276 g/mol. The Labute approximate surface area is 107 Å². The predicted octanol–water partition coefficient (Wildman–Crippen LogP) is 2.50. The largest absolute Gasteiger partial charge is 0.573 e. The molecule has 0 aliphatic carbocycles. The number of rotatable bonds is 5. The fraction of sp³-hybridized carbons (Fsp3) is 0.333. The highest BCUT2D eigenvalue weighted by Crippen LogP contribution is 2.26. The molecule has 0 saturated carbocycles. The molecule has 0 atom stereocenters. The van der Waals surface area contributed by atoms with E-state index in [0.717, 1.165) is 12.1 Å². The van der Waals surface area contributed by atoms with Crippen LogP contribution in [0.2, 0.25) is 0 Å². The molecule has 7 heteroatoms. The molecule has 0 aromatic heterocycles. The number of carbonyl (C=O) groups is 2. The minimum atomic E-state index is -4.90. The Morgan fingerprint density at radius 3 is 2.58 bits per heavy atom. The van der Waals surface area contributed by atoms with Gasteiger partial charge in [-0.1, -0.05) is 6.07 Å². The Balaban J connectivity index is 2.95. The average molecular weight is 276 g/mol. The van der Waals surface area contributed by atoms with Crippen molar-refractivity contribution in [1.29, 1.82) is 0 Å². The second kappa shape index (κ2) is 6.21. The molecule has 0 aliphatic rings. The summed E-state index contributed by atoms with van der Waals surface area (Å²) in [5, 5.41) is 0. The van der Waals surface area contributed by atoms with Crippen LogP contribution in [0, 0.1) is 0 Å². The number of ether oxygens (including phenoxy) is 2. The zero-order valence-electron chi connectivity index (χ0n) is 9.99. The molecule has 0 N–H and O–H groups in total. The number of aldehydes is 1. The lowest BCUT2D eigenvalue weighted by Gasteiger charge is -2.12. The van der Waals surface area contributed by atoms with Crippen LogP contribution in [0.25, 0.3) is 0 Å². The number of halogens is 3. The van der Waals surface area contributed by atoms with Gasteiger partial charge in [-0.3, -0.25) is 9.59 Å². The van der Waals surface area contributed by atoms with E-state index >= 15 is 0 Å². The summed E-state index contributed by atoms with van der Waals surface area (Å²) in [6.45, 7) is 1.79. The van der Waals surface area contributed by atoms with E-state index in [0.29, 0.717) is 0 Å². The number of hydrogen-bond donors (Lipinski definition) is 0. The highest BCUT2D eigenvalue weighted by Gasteiger charge is 2.32. The highest BCUT2D eigenvalue weighted by atomic mass is 19.4. The molecule has 0 radical (unpaired) electrons. The van der Waals surface area contributed by atoms with Gasteiger partial charge in [0.15, 0.2) is 6.29 Å². The first-order valence-corrected chi connectivity index (χ1v) is 5.35. The van der Waals surface area contributed by atoms with Crippen LogP contribution >= 0.6 is 0 Å². The minimum absolute atomic E-state index is 0.178. The number of alkyl halides is 3. The van der Waals surface area contributed by atoms with Gasteiger partial charge >= 0.3 is 12.3 Å². The fourth-order valence-electron chi connectivity index (χ4n) is 1.38. The second-order valence-electron chi connectivity index (χ2n) is 3.52. The maximum Gasteiger partial charge on any atom is 0.573 e. The molecule has 104 valence electrons. The summed E-state index contributed by atoms with van der Waals surface area (Å²) in [5.41, 5.74) is 0.0215. The van der Waals surface area contributed by atoms with Crippen molar-refractivity contribution in [3.05, 3.63) is 29.3 Å². The molecular weight excluding hydrogens is 265 g/mol. The molecule has 0 fully saturated rings. The normalized spacial score (nSPS) is 10.9. The zero-order chi connectivity index (χ0) is 14.5. The van der Waals surface area contributed by atoms with Crippen LogP contribution in [0.15, 0.2) is 18.2 Å². The molecule has 0 bridgehead atoms. The molecule has 0 heterocycles. The first kappa shape index (κ1) is 15.0. The molecule has 0 saturated heterocycles. The molecule has 0 aliphatic heterocycles. The lowest BCUT2D eigenvalue weighted by atomic mass is 10.1. The minimum Gasteiger partial charge on any atom is -0.466 e. The van der Waals surface area contributed by atoms with Gasteiger partial charge in [0.1, 0.15) is 5.75 Å². The van der Waals surface area contributed by atoms with Crippen molar-refractivity contribution in [1.82, 2.24) is 0 Å². The summed E-state index contributed by atoms with van der Waals surface area (Å²) >= 11 is 0. The first-order chi connectivity index (χ1) is 8.85. The average Bonchev–Trinajstić information content (AvgIpc) is 2.27. The molecule has 1 aromatic rings. The van der Waals surface area contributed by atoms with Gasteiger partial charge in [-0.05, 0) is 24.6 Å². The van der Waals surface area contributed by atoms with Gasteiger partial charge in [-0.25, -0.2) is 0 Å². The van der Waals surface area contributed by atoms with Crippen molar-refractivity contribution in [3.63, 3.8) is 0 Å². The summed E-state index contributed by atoms with van der Waals surface area (Å²) in [4.78, 5) is 21.8. The summed E-state index contributed by atoms with van der Waals surface area (Å²) in [7, 11) is 0. The molecule has 4 nitrogen and oxygen atoms in total. The maximum absolute atomic E-state index is 12.1. The number of benzene rings is 1. The van der Waals surface area contributed by atoms with Gasteiger partial charge < -0.3 is 9.47 Å². The van der Waals surface area contributed by atoms with E-state index in [4.69, 9.17) is 0 Å². The van der Waals surface area contributed by atoms with Crippen molar-refractivity contribution in [2.24, 2.45) is 0 Å². The molecule has 0 unspecified atom stereocenters. The van der Waals surface area contributed by atoms with Crippen molar-refractivity contribution in [3.8, 4) is 5.75 Å². The van der Waals surface area contributed by atoms with Crippen molar-refractivity contribution < 1.29 is 32.2 Å². The first-order valence-electron chi connectivity index (χ1n) is 5.35. The number of carbonyl (C=O) groups excluding carboxylic acids is 2. The van der Waals surface area contributed by atoms with Crippen molar-refractivity contribution in [2.75, 3.05) is 6.61 Å². The maximum atomic E-state index is 12.1. The van der Waals surface area contributed by atoms with E-state index in [1.54, 1.807) is 6.92 Å². The van der Waals surface area contributed by atoms with Gasteiger partial charge in [0, 0.05) is 0 Å². The van der Waals surface area contributed by atoms with E-state index in [1.165, 1.54) is 6.07 Å². The summed E-state index contributed by atoms with van der Waals surface area (Å²) in [6.07, 6.45) is -4.85. The lowest BCUT2D eigenvalue weighted by molar-refractivity contribution is -0.274. The van der Waals surface area contributed by atoms with Crippen molar-refractivity contribution >= 4 is 12.3 Å². The smallest absolute Gasteiger partial charge is 0.466 e. The summed E-state index contributed by atoms with van der Waals surface area (Å²) < 4.78 is 44.8. The Morgan fingerprint density at radius 2 is 2.05 bits per heavy atom. The molecule has 0 amide bonds. The lowest BCUT2D eigenvalue weighted by Crippen LogP contribution is -2.18.